The molecule has 4 heterocycles. The van der Waals surface area contributed by atoms with Crippen LogP contribution in [0.25, 0.3) is 17.2 Å². The van der Waals surface area contributed by atoms with E-state index in [1.807, 2.05) is 38.1 Å². The summed E-state index contributed by atoms with van der Waals surface area (Å²) in [5.41, 5.74) is 5.60. The minimum atomic E-state index is -0.0157. The van der Waals surface area contributed by atoms with Gasteiger partial charge < -0.3 is 0 Å². The van der Waals surface area contributed by atoms with Crippen LogP contribution in [0.3, 0.4) is 0 Å². The average Bonchev–Trinajstić information content (AvgIpc) is 3.31. The molecule has 33 heavy (non-hydrogen) atoms. The molecule has 0 bridgehead atoms. The Morgan fingerprint density at radius 1 is 1.03 bits per heavy atom. The normalized spacial score (nSPS) is 13.1. The van der Waals surface area contributed by atoms with Crippen molar-refractivity contribution in [2.45, 2.75) is 46.6 Å². The molecule has 0 saturated carbocycles. The molecule has 1 aromatic carbocycles. The van der Waals surface area contributed by atoms with Crippen LogP contribution in [0.5, 0.6) is 0 Å². The topological polar surface area (TPSA) is 89.7 Å². The molecular weight excluding hydrogens is 414 g/mol. The highest BCUT2D eigenvalue weighted by Crippen LogP contribution is 2.32. The number of carbonyl (C=O) groups is 1. The summed E-state index contributed by atoms with van der Waals surface area (Å²) in [6, 6.07) is 10.1. The summed E-state index contributed by atoms with van der Waals surface area (Å²) in [4.78, 5) is 32.9. The van der Waals surface area contributed by atoms with Gasteiger partial charge in [0, 0.05) is 23.0 Å². The molecule has 0 unspecified atom stereocenters. The highest BCUT2D eigenvalue weighted by atomic mass is 16.2. The molecule has 4 aromatic rings. The van der Waals surface area contributed by atoms with Crippen LogP contribution in [-0.4, -0.2) is 35.6 Å². The number of benzene rings is 1. The van der Waals surface area contributed by atoms with Crippen LogP contribution in [-0.2, 0) is 17.8 Å². The van der Waals surface area contributed by atoms with E-state index in [2.05, 4.69) is 40.0 Å². The number of nitrogens with zero attached hydrogens (tertiary/aromatic N) is 7. The predicted molar refractivity (Wildman–Crippen MR) is 125 cm³/mol. The average molecular weight is 440 g/mol. The fraction of sp³-hybridized carbons (Fsp3) is 0.280. The molecule has 0 radical (unpaired) electrons. The minimum absolute atomic E-state index is 0.0157. The van der Waals surface area contributed by atoms with Crippen molar-refractivity contribution in [1.29, 1.82) is 0 Å². The number of fused-ring (bicyclic) bond motifs is 1. The van der Waals surface area contributed by atoms with E-state index in [0.29, 0.717) is 42.0 Å². The Hall–Kier alpha value is -3.94. The predicted octanol–water partition coefficient (Wildman–Crippen LogP) is 3.95. The van der Waals surface area contributed by atoms with Gasteiger partial charge in [0.25, 0.3) is 0 Å². The molecule has 1 aliphatic heterocycles. The van der Waals surface area contributed by atoms with E-state index >= 15 is 0 Å². The summed E-state index contributed by atoms with van der Waals surface area (Å²) in [6.45, 7) is 8.52. The Balaban J connectivity index is 1.44. The van der Waals surface area contributed by atoms with Gasteiger partial charge in [-0.3, -0.25) is 14.7 Å². The zero-order chi connectivity index (χ0) is 23.1. The molecule has 0 N–H and O–H groups in total. The van der Waals surface area contributed by atoms with Gasteiger partial charge in [0.15, 0.2) is 11.6 Å². The van der Waals surface area contributed by atoms with E-state index in [9.17, 15) is 4.79 Å². The van der Waals surface area contributed by atoms with Gasteiger partial charge >= 0.3 is 0 Å². The number of hydrogen-bond donors (Lipinski definition) is 0. The molecule has 0 spiro atoms. The summed E-state index contributed by atoms with van der Waals surface area (Å²) in [6.07, 6.45) is 5.43. The van der Waals surface area contributed by atoms with Crippen LogP contribution in [0.4, 0.5) is 5.82 Å². The molecule has 0 fully saturated rings. The molecule has 0 atom stereocenters. The minimum Gasteiger partial charge on any atom is -0.290 e. The maximum absolute atomic E-state index is 12.8. The number of anilines is 1. The summed E-state index contributed by atoms with van der Waals surface area (Å²) in [7, 11) is 0. The van der Waals surface area contributed by atoms with Crippen LogP contribution in [0.1, 0.15) is 48.0 Å². The molecule has 3 aromatic heterocycles. The van der Waals surface area contributed by atoms with Crippen molar-refractivity contribution < 1.29 is 4.79 Å². The van der Waals surface area contributed by atoms with Gasteiger partial charge in [-0.15, -0.1) is 0 Å². The molecule has 1 amide bonds. The SMILES string of the molecule is Cc1cc(C)n(-c2cnc(CN3C(=O)Cc4cnc(-c5ccccc5C(C)C)nc43)cn2)n1. The van der Waals surface area contributed by atoms with Crippen molar-refractivity contribution in [2.75, 3.05) is 4.90 Å². The first-order valence-corrected chi connectivity index (χ1v) is 11.0. The van der Waals surface area contributed by atoms with E-state index < -0.39 is 0 Å². The second-order valence-corrected chi connectivity index (χ2v) is 8.65. The number of rotatable bonds is 5. The fourth-order valence-electron chi connectivity index (χ4n) is 4.19. The third kappa shape index (κ3) is 3.88. The molecular formula is C25H25N7O. The lowest BCUT2D eigenvalue weighted by molar-refractivity contribution is -0.117. The smallest absolute Gasteiger partial charge is 0.233 e. The Morgan fingerprint density at radius 3 is 2.55 bits per heavy atom. The number of aryl methyl sites for hydroxylation is 2. The summed E-state index contributed by atoms with van der Waals surface area (Å²) in [5, 5.41) is 4.45. The van der Waals surface area contributed by atoms with Crippen LogP contribution < -0.4 is 4.90 Å². The molecule has 8 heteroatoms. The van der Waals surface area contributed by atoms with Crippen molar-refractivity contribution in [3.05, 3.63) is 77.1 Å². The Kier molecular flexibility index (Phi) is 5.20. The number of amides is 1. The zero-order valence-corrected chi connectivity index (χ0v) is 19.1. The van der Waals surface area contributed by atoms with Gasteiger partial charge in [-0.2, -0.15) is 5.10 Å². The highest BCUT2D eigenvalue weighted by Gasteiger charge is 2.30. The maximum Gasteiger partial charge on any atom is 0.233 e. The van der Waals surface area contributed by atoms with Crippen LogP contribution >= 0.6 is 0 Å². The lowest BCUT2D eigenvalue weighted by atomic mass is 9.97. The third-order valence-electron chi connectivity index (χ3n) is 5.80. The first kappa shape index (κ1) is 20.9. The van der Waals surface area contributed by atoms with Crippen LogP contribution in [0, 0.1) is 13.8 Å². The van der Waals surface area contributed by atoms with Gasteiger partial charge in [0.05, 0.1) is 36.7 Å². The lowest BCUT2D eigenvalue weighted by Crippen LogP contribution is -2.27. The first-order chi connectivity index (χ1) is 15.9. The van der Waals surface area contributed by atoms with Gasteiger partial charge in [-0.1, -0.05) is 38.1 Å². The second-order valence-electron chi connectivity index (χ2n) is 8.65. The number of carbonyl (C=O) groups excluding carboxylic acids is 1. The molecule has 1 aliphatic rings. The maximum atomic E-state index is 12.8. The van der Waals surface area contributed by atoms with E-state index in [-0.39, 0.29) is 5.91 Å². The standard InChI is InChI=1S/C25H25N7O/c1-15(2)20-7-5-6-8-21(20)24-28-11-18-10-23(33)31(25(18)29-24)14-19-12-27-22(13-26-19)32-17(4)9-16(3)30-32/h5-9,11-13,15H,10,14H2,1-4H3. The van der Waals surface area contributed by atoms with E-state index in [1.54, 1.807) is 28.2 Å². The van der Waals surface area contributed by atoms with Crippen molar-refractivity contribution in [2.24, 2.45) is 0 Å². The Morgan fingerprint density at radius 2 is 1.85 bits per heavy atom. The van der Waals surface area contributed by atoms with Crippen molar-refractivity contribution in [3.8, 4) is 17.2 Å². The molecule has 0 aliphatic carbocycles. The molecule has 166 valence electrons. The Bertz CT molecular complexity index is 1340. The van der Waals surface area contributed by atoms with E-state index in [0.717, 1.165) is 22.5 Å². The van der Waals surface area contributed by atoms with Crippen molar-refractivity contribution in [1.82, 2.24) is 29.7 Å². The van der Waals surface area contributed by atoms with Crippen LogP contribution in [0.2, 0.25) is 0 Å². The third-order valence-corrected chi connectivity index (χ3v) is 5.80. The number of hydrogen-bond acceptors (Lipinski definition) is 6. The highest BCUT2D eigenvalue weighted by molar-refractivity contribution is 6.00. The van der Waals surface area contributed by atoms with Crippen LogP contribution in [0.15, 0.2) is 48.9 Å². The molecule has 8 nitrogen and oxygen atoms in total. The van der Waals surface area contributed by atoms with E-state index in [4.69, 9.17) is 4.98 Å². The summed E-state index contributed by atoms with van der Waals surface area (Å²) in [5.74, 6) is 2.24. The summed E-state index contributed by atoms with van der Waals surface area (Å²) < 4.78 is 1.76. The summed E-state index contributed by atoms with van der Waals surface area (Å²) >= 11 is 0. The van der Waals surface area contributed by atoms with Gasteiger partial charge in [-0.05, 0) is 31.4 Å². The van der Waals surface area contributed by atoms with E-state index in [1.165, 1.54) is 5.56 Å². The quantitative estimate of drug-likeness (QED) is 0.468. The lowest BCUT2D eigenvalue weighted by Gasteiger charge is -2.17. The van der Waals surface area contributed by atoms with Crippen molar-refractivity contribution in [3.63, 3.8) is 0 Å². The Labute approximate surface area is 192 Å². The number of aromatic nitrogens is 6. The molecule has 0 saturated heterocycles. The monoisotopic (exact) mass is 439 g/mol. The zero-order valence-electron chi connectivity index (χ0n) is 19.1. The van der Waals surface area contributed by atoms with Crippen molar-refractivity contribution >= 4 is 11.7 Å². The first-order valence-electron chi connectivity index (χ1n) is 11.0. The van der Waals surface area contributed by atoms with Gasteiger partial charge in [0.2, 0.25) is 5.91 Å². The largest absolute Gasteiger partial charge is 0.290 e. The second kappa shape index (κ2) is 8.20. The van der Waals surface area contributed by atoms with Gasteiger partial charge in [-0.25, -0.2) is 19.6 Å². The van der Waals surface area contributed by atoms with Gasteiger partial charge in [0.1, 0.15) is 5.82 Å². The molecule has 5 rings (SSSR count). The fourth-order valence-corrected chi connectivity index (χ4v) is 4.19.